The molecule has 0 bridgehead atoms. The molecule has 0 saturated carbocycles. The van der Waals surface area contributed by atoms with Gasteiger partial charge in [-0.15, -0.1) is 0 Å². The Kier molecular flexibility index (Phi) is 7.80. The highest BCUT2D eigenvalue weighted by atomic mass is 16.3. The van der Waals surface area contributed by atoms with Crippen LogP contribution in [0.15, 0.2) is 215 Å². The van der Waals surface area contributed by atoms with Crippen LogP contribution in [0.25, 0.3) is 128 Å². The SMILES string of the molecule is c1ccc(-c2nc(-c3ccccc3)nc(-c3cccc4c3oc3ccc(-n5c6ccccc6c6cc(-c7ccc(-c8cccc9c8oc8ccccc89)cc7)ccc65)cc34)n2)cc1. The quantitative estimate of drug-likeness (QED) is 0.167. The molecule has 6 nitrogen and oxygen atoms in total. The van der Waals surface area contributed by atoms with Crippen LogP contribution in [0.2, 0.25) is 0 Å². The van der Waals surface area contributed by atoms with Crippen molar-refractivity contribution in [2.24, 2.45) is 0 Å². The van der Waals surface area contributed by atoms with Gasteiger partial charge in [0.25, 0.3) is 0 Å². The molecule has 13 rings (SSSR count). The van der Waals surface area contributed by atoms with E-state index in [1.807, 2.05) is 78.9 Å². The van der Waals surface area contributed by atoms with E-state index in [1.165, 1.54) is 10.8 Å². The van der Waals surface area contributed by atoms with Gasteiger partial charge < -0.3 is 13.4 Å². The maximum absolute atomic E-state index is 6.70. The Labute approximate surface area is 361 Å². The zero-order valence-corrected chi connectivity index (χ0v) is 33.7. The molecule has 0 spiro atoms. The number of nitrogens with zero attached hydrogens (tertiary/aromatic N) is 4. The van der Waals surface area contributed by atoms with E-state index >= 15 is 0 Å². The highest BCUT2D eigenvalue weighted by molar-refractivity contribution is 6.13. The minimum atomic E-state index is 0.559. The molecule has 0 atom stereocenters. The molecule has 0 aliphatic heterocycles. The van der Waals surface area contributed by atoms with Gasteiger partial charge in [0, 0.05) is 54.7 Å². The zero-order chi connectivity index (χ0) is 41.4. The Hall–Kier alpha value is -8.61. The lowest BCUT2D eigenvalue weighted by atomic mass is 9.98. The van der Waals surface area contributed by atoms with Crippen molar-refractivity contribution in [3.05, 3.63) is 206 Å². The number of para-hydroxylation sites is 4. The molecule has 0 saturated heterocycles. The van der Waals surface area contributed by atoms with Gasteiger partial charge in [-0.2, -0.15) is 0 Å². The lowest BCUT2D eigenvalue weighted by Gasteiger charge is -2.09. The average molecular weight is 807 g/mol. The molecular formula is C57H34N4O2. The van der Waals surface area contributed by atoms with Crippen molar-refractivity contribution in [2.75, 3.05) is 0 Å². The van der Waals surface area contributed by atoms with E-state index in [1.54, 1.807) is 0 Å². The zero-order valence-electron chi connectivity index (χ0n) is 33.7. The predicted molar refractivity (Wildman–Crippen MR) is 256 cm³/mol. The van der Waals surface area contributed by atoms with Crippen molar-refractivity contribution in [1.82, 2.24) is 19.5 Å². The standard InChI is InChI=1S/C57H34N4O2/c1-3-13-37(14-4-1)55-58-56(38-15-5-2-6-16-38)60-57(59-55)46-22-12-21-45-48-34-40(30-32-52(48)63-54(45)46)61-49-23-9-7-17-42(49)47-33-39(29-31-50(47)61)35-25-27-36(28-26-35)41-19-11-20-44-43-18-8-10-24-51(43)62-53(41)44/h1-34H. The molecule has 0 N–H and O–H groups in total. The lowest BCUT2D eigenvalue weighted by Crippen LogP contribution is -2.00. The summed E-state index contributed by atoms with van der Waals surface area (Å²) in [5, 5.41) is 6.67. The van der Waals surface area contributed by atoms with Crippen LogP contribution in [0, 0.1) is 0 Å². The molecule has 0 amide bonds. The molecule has 4 aromatic heterocycles. The van der Waals surface area contributed by atoms with Crippen LogP contribution in [0.1, 0.15) is 0 Å². The number of hydrogen-bond acceptors (Lipinski definition) is 5. The first kappa shape index (κ1) is 35.2. The molecule has 0 aliphatic carbocycles. The molecule has 0 unspecified atom stereocenters. The van der Waals surface area contributed by atoms with Crippen molar-refractivity contribution < 1.29 is 8.83 Å². The molecule has 9 aromatic carbocycles. The summed E-state index contributed by atoms with van der Waals surface area (Å²) in [6, 6.07) is 71.7. The Morgan fingerprint density at radius 3 is 1.59 bits per heavy atom. The topological polar surface area (TPSA) is 69.9 Å². The molecule has 13 aromatic rings. The molecule has 0 aliphatic rings. The van der Waals surface area contributed by atoms with Crippen LogP contribution in [-0.4, -0.2) is 19.5 Å². The Balaban J connectivity index is 0.903. The molecule has 0 fully saturated rings. The summed E-state index contributed by atoms with van der Waals surface area (Å²) in [6.45, 7) is 0. The number of fused-ring (bicyclic) bond motifs is 9. The van der Waals surface area contributed by atoms with Crippen molar-refractivity contribution in [1.29, 1.82) is 0 Å². The van der Waals surface area contributed by atoms with E-state index in [0.717, 1.165) is 99.5 Å². The van der Waals surface area contributed by atoms with E-state index in [2.05, 4.69) is 132 Å². The largest absolute Gasteiger partial charge is 0.455 e. The van der Waals surface area contributed by atoms with Crippen molar-refractivity contribution in [3.63, 3.8) is 0 Å². The van der Waals surface area contributed by atoms with Gasteiger partial charge in [0.1, 0.15) is 22.3 Å². The second-order valence-corrected chi connectivity index (χ2v) is 15.9. The maximum atomic E-state index is 6.70. The highest BCUT2D eigenvalue weighted by Crippen LogP contribution is 2.41. The summed E-state index contributed by atoms with van der Waals surface area (Å²) in [7, 11) is 0. The van der Waals surface area contributed by atoms with Gasteiger partial charge in [-0.1, -0.05) is 158 Å². The first-order chi connectivity index (χ1) is 31.2. The molecule has 6 heteroatoms. The van der Waals surface area contributed by atoms with Gasteiger partial charge in [0.15, 0.2) is 17.5 Å². The van der Waals surface area contributed by atoms with Crippen LogP contribution in [0.5, 0.6) is 0 Å². The Morgan fingerprint density at radius 2 is 0.841 bits per heavy atom. The summed E-state index contributed by atoms with van der Waals surface area (Å²) in [5.74, 6) is 1.78. The molecule has 63 heavy (non-hydrogen) atoms. The fraction of sp³-hybridized carbons (Fsp3) is 0. The Bertz CT molecular complexity index is 3840. The van der Waals surface area contributed by atoms with Crippen LogP contribution in [0.4, 0.5) is 0 Å². The Morgan fingerprint density at radius 1 is 0.302 bits per heavy atom. The van der Waals surface area contributed by atoms with Crippen LogP contribution in [-0.2, 0) is 0 Å². The van der Waals surface area contributed by atoms with Crippen LogP contribution >= 0.6 is 0 Å². The number of hydrogen-bond donors (Lipinski definition) is 0. The minimum Gasteiger partial charge on any atom is -0.455 e. The fourth-order valence-corrected chi connectivity index (χ4v) is 9.28. The number of benzene rings is 9. The second kappa shape index (κ2) is 14.0. The van der Waals surface area contributed by atoms with E-state index in [9.17, 15) is 0 Å². The van der Waals surface area contributed by atoms with Gasteiger partial charge >= 0.3 is 0 Å². The van der Waals surface area contributed by atoms with E-state index in [-0.39, 0.29) is 0 Å². The van der Waals surface area contributed by atoms with Crippen LogP contribution in [0.3, 0.4) is 0 Å². The summed E-state index contributed by atoms with van der Waals surface area (Å²) in [4.78, 5) is 14.9. The van der Waals surface area contributed by atoms with Gasteiger partial charge in [-0.25, -0.2) is 15.0 Å². The first-order valence-corrected chi connectivity index (χ1v) is 21.1. The van der Waals surface area contributed by atoms with E-state index < -0.39 is 0 Å². The summed E-state index contributed by atoms with van der Waals surface area (Å²) >= 11 is 0. The number of rotatable bonds is 6. The summed E-state index contributed by atoms with van der Waals surface area (Å²) in [5.41, 5.74) is 13.9. The summed E-state index contributed by atoms with van der Waals surface area (Å²) in [6.07, 6.45) is 0. The van der Waals surface area contributed by atoms with Crippen molar-refractivity contribution >= 4 is 65.7 Å². The highest BCUT2D eigenvalue weighted by Gasteiger charge is 2.20. The van der Waals surface area contributed by atoms with Crippen LogP contribution < -0.4 is 0 Å². The molecular weight excluding hydrogens is 773 g/mol. The van der Waals surface area contributed by atoms with E-state index in [0.29, 0.717) is 17.5 Å². The van der Waals surface area contributed by atoms with Crippen molar-refractivity contribution in [3.8, 4) is 62.1 Å². The van der Waals surface area contributed by atoms with Crippen molar-refractivity contribution in [2.45, 2.75) is 0 Å². The van der Waals surface area contributed by atoms with Gasteiger partial charge in [0.2, 0.25) is 0 Å². The summed E-state index contributed by atoms with van der Waals surface area (Å²) < 4.78 is 15.4. The lowest BCUT2D eigenvalue weighted by molar-refractivity contribution is 0.669. The minimum absolute atomic E-state index is 0.559. The molecule has 294 valence electrons. The third kappa shape index (κ3) is 5.69. The fourth-order valence-electron chi connectivity index (χ4n) is 9.28. The van der Waals surface area contributed by atoms with E-state index in [4.69, 9.17) is 23.8 Å². The molecule has 4 heterocycles. The van der Waals surface area contributed by atoms with Gasteiger partial charge in [-0.05, 0) is 65.2 Å². The number of aromatic nitrogens is 4. The first-order valence-electron chi connectivity index (χ1n) is 21.1. The third-order valence-corrected chi connectivity index (χ3v) is 12.3. The smallest absolute Gasteiger partial charge is 0.167 e. The monoisotopic (exact) mass is 806 g/mol. The third-order valence-electron chi connectivity index (χ3n) is 12.3. The number of furan rings is 2. The predicted octanol–water partition coefficient (Wildman–Crippen LogP) is 15.1. The normalized spacial score (nSPS) is 11.8. The average Bonchev–Trinajstić information content (AvgIpc) is 4.04. The second-order valence-electron chi connectivity index (χ2n) is 15.9. The van der Waals surface area contributed by atoms with Gasteiger partial charge in [-0.3, -0.25) is 0 Å². The molecule has 0 radical (unpaired) electrons. The van der Waals surface area contributed by atoms with Gasteiger partial charge in [0.05, 0.1) is 16.6 Å². The maximum Gasteiger partial charge on any atom is 0.167 e.